The highest BCUT2D eigenvalue weighted by Gasteiger charge is 2.21. The molecule has 0 N–H and O–H groups in total. The lowest BCUT2D eigenvalue weighted by atomic mass is 10.2. The Bertz CT molecular complexity index is 767. The van der Waals surface area contributed by atoms with Gasteiger partial charge in [-0.15, -0.1) is 0 Å². The van der Waals surface area contributed by atoms with Gasteiger partial charge in [0.1, 0.15) is 0 Å². The summed E-state index contributed by atoms with van der Waals surface area (Å²) >= 11 is 0. The number of furan rings is 1. The topological polar surface area (TPSA) is 77.4 Å². The van der Waals surface area contributed by atoms with Crippen LogP contribution in [0.15, 0.2) is 51.9 Å². The minimum Gasteiger partial charge on any atom is -0.461 e. The first-order chi connectivity index (χ1) is 12.4. The maximum atomic E-state index is 5.78. The molecule has 7 nitrogen and oxygen atoms in total. The predicted octanol–water partition coefficient (Wildman–Crippen LogP) is 2.91. The van der Waals surface area contributed by atoms with Gasteiger partial charge in [0.15, 0.2) is 5.76 Å². The first-order valence-electron chi connectivity index (χ1n) is 8.46. The van der Waals surface area contributed by atoms with Crippen LogP contribution in [0.4, 0.5) is 0 Å². The van der Waals surface area contributed by atoms with Gasteiger partial charge < -0.3 is 13.7 Å². The van der Waals surface area contributed by atoms with E-state index < -0.39 is 0 Å². The first-order valence-corrected chi connectivity index (χ1v) is 8.46. The molecule has 1 atom stereocenters. The molecular formula is C18H20N4O3. The lowest BCUT2D eigenvalue weighted by molar-refractivity contribution is 0.0640. The summed E-state index contributed by atoms with van der Waals surface area (Å²) in [5.74, 6) is 1.64. The summed E-state index contributed by atoms with van der Waals surface area (Å²) in [7, 11) is 0. The van der Waals surface area contributed by atoms with Crippen LogP contribution in [0.25, 0.3) is 11.6 Å². The standard InChI is InChI=1S/C18H20N4O3/c1-4-14(10-19-7-1)11-22(12-15-5-2-8-23-15)13-17-20-18(21-25-17)16-6-3-9-24-16/h1,3-4,6-7,9-10,15H,2,5,8,11-13H2/t15-/m0/s1. The zero-order valence-electron chi connectivity index (χ0n) is 13.9. The minimum atomic E-state index is 0.254. The molecule has 0 bridgehead atoms. The molecule has 25 heavy (non-hydrogen) atoms. The van der Waals surface area contributed by atoms with Gasteiger partial charge in [0.05, 0.1) is 18.9 Å². The van der Waals surface area contributed by atoms with Crippen molar-refractivity contribution in [3.8, 4) is 11.6 Å². The van der Waals surface area contributed by atoms with Gasteiger partial charge in [-0.3, -0.25) is 9.88 Å². The zero-order valence-corrected chi connectivity index (χ0v) is 13.9. The highest BCUT2D eigenvalue weighted by Crippen LogP contribution is 2.19. The fourth-order valence-corrected chi connectivity index (χ4v) is 3.03. The van der Waals surface area contributed by atoms with Gasteiger partial charge in [0, 0.05) is 32.1 Å². The Morgan fingerprint density at radius 2 is 2.20 bits per heavy atom. The van der Waals surface area contributed by atoms with Crippen molar-refractivity contribution < 1.29 is 13.7 Å². The molecule has 1 saturated heterocycles. The van der Waals surface area contributed by atoms with Crippen molar-refractivity contribution in [3.05, 3.63) is 54.4 Å². The molecule has 1 aliphatic rings. The number of aromatic nitrogens is 3. The summed E-state index contributed by atoms with van der Waals surface area (Å²) in [6.45, 7) is 2.98. The first kappa shape index (κ1) is 16.0. The highest BCUT2D eigenvalue weighted by molar-refractivity contribution is 5.44. The summed E-state index contributed by atoms with van der Waals surface area (Å²) in [5, 5.41) is 4.00. The molecule has 0 spiro atoms. The van der Waals surface area contributed by atoms with Crippen LogP contribution in [-0.2, 0) is 17.8 Å². The Morgan fingerprint density at radius 3 is 2.96 bits per heavy atom. The minimum absolute atomic E-state index is 0.254. The third kappa shape index (κ3) is 4.12. The van der Waals surface area contributed by atoms with E-state index in [2.05, 4.69) is 26.1 Å². The molecule has 0 radical (unpaired) electrons. The SMILES string of the molecule is c1cncc(CN(Cc2nc(-c3ccco3)no2)C[C@@H]2CCCO2)c1. The second-order valence-corrected chi connectivity index (χ2v) is 6.15. The van der Waals surface area contributed by atoms with E-state index in [9.17, 15) is 0 Å². The van der Waals surface area contributed by atoms with E-state index in [1.165, 1.54) is 0 Å². The van der Waals surface area contributed by atoms with E-state index in [4.69, 9.17) is 13.7 Å². The van der Waals surface area contributed by atoms with Gasteiger partial charge >= 0.3 is 0 Å². The molecule has 1 aliphatic heterocycles. The smallest absolute Gasteiger partial charge is 0.241 e. The largest absolute Gasteiger partial charge is 0.461 e. The van der Waals surface area contributed by atoms with Crippen molar-refractivity contribution in [1.82, 2.24) is 20.0 Å². The Kier molecular flexibility index (Phi) is 4.85. The van der Waals surface area contributed by atoms with Crippen LogP contribution in [-0.4, -0.2) is 39.3 Å². The Morgan fingerprint density at radius 1 is 1.20 bits per heavy atom. The van der Waals surface area contributed by atoms with Crippen LogP contribution in [0.2, 0.25) is 0 Å². The number of pyridine rings is 1. The molecule has 0 amide bonds. The molecule has 3 aromatic heterocycles. The molecule has 0 aliphatic carbocycles. The molecule has 0 aromatic carbocycles. The van der Waals surface area contributed by atoms with Crippen LogP contribution in [0.1, 0.15) is 24.3 Å². The number of hydrogen-bond donors (Lipinski definition) is 0. The lowest BCUT2D eigenvalue weighted by Crippen LogP contribution is -2.31. The summed E-state index contributed by atoms with van der Waals surface area (Å²) in [6, 6.07) is 7.63. The molecular weight excluding hydrogens is 320 g/mol. The molecule has 3 aromatic rings. The van der Waals surface area contributed by atoms with Gasteiger partial charge in [-0.05, 0) is 36.6 Å². The third-order valence-electron chi connectivity index (χ3n) is 4.18. The van der Waals surface area contributed by atoms with Gasteiger partial charge in [-0.2, -0.15) is 4.98 Å². The number of nitrogens with zero attached hydrogens (tertiary/aromatic N) is 4. The summed E-state index contributed by atoms with van der Waals surface area (Å²) < 4.78 is 16.5. The zero-order chi connectivity index (χ0) is 16.9. The van der Waals surface area contributed by atoms with Crippen LogP contribution < -0.4 is 0 Å². The molecule has 130 valence electrons. The fourth-order valence-electron chi connectivity index (χ4n) is 3.03. The maximum absolute atomic E-state index is 5.78. The second kappa shape index (κ2) is 7.58. The molecule has 4 heterocycles. The molecule has 0 unspecified atom stereocenters. The Hall–Kier alpha value is -2.51. The summed E-state index contributed by atoms with van der Waals surface area (Å²) in [5.41, 5.74) is 1.14. The molecule has 4 rings (SSSR count). The van der Waals surface area contributed by atoms with E-state index in [0.717, 1.165) is 38.1 Å². The normalized spacial score (nSPS) is 17.4. The number of ether oxygens (including phenoxy) is 1. The third-order valence-corrected chi connectivity index (χ3v) is 4.18. The number of hydrogen-bond acceptors (Lipinski definition) is 7. The fraction of sp³-hybridized carbons (Fsp3) is 0.389. The maximum Gasteiger partial charge on any atom is 0.241 e. The monoisotopic (exact) mass is 340 g/mol. The Balaban J connectivity index is 1.47. The molecule has 7 heteroatoms. The van der Waals surface area contributed by atoms with Gasteiger partial charge in [0.25, 0.3) is 0 Å². The summed E-state index contributed by atoms with van der Waals surface area (Å²) in [6.07, 6.45) is 7.72. The van der Waals surface area contributed by atoms with E-state index in [1.807, 2.05) is 18.3 Å². The summed E-state index contributed by atoms with van der Waals surface area (Å²) in [4.78, 5) is 10.9. The van der Waals surface area contributed by atoms with Crippen LogP contribution in [0, 0.1) is 0 Å². The average Bonchev–Trinajstić information content (AvgIpc) is 3.38. The van der Waals surface area contributed by atoms with E-state index >= 15 is 0 Å². The highest BCUT2D eigenvalue weighted by atomic mass is 16.5. The lowest BCUT2D eigenvalue weighted by Gasteiger charge is -2.23. The average molecular weight is 340 g/mol. The van der Waals surface area contributed by atoms with Crippen molar-refractivity contribution in [2.45, 2.75) is 32.0 Å². The van der Waals surface area contributed by atoms with Crippen molar-refractivity contribution in [3.63, 3.8) is 0 Å². The number of rotatable bonds is 7. The van der Waals surface area contributed by atoms with Crippen LogP contribution >= 0.6 is 0 Å². The van der Waals surface area contributed by atoms with E-state index in [1.54, 1.807) is 18.5 Å². The molecule has 0 saturated carbocycles. The van der Waals surface area contributed by atoms with Crippen LogP contribution in [0.3, 0.4) is 0 Å². The van der Waals surface area contributed by atoms with Gasteiger partial charge in [-0.1, -0.05) is 11.2 Å². The van der Waals surface area contributed by atoms with Crippen molar-refractivity contribution in [1.29, 1.82) is 0 Å². The van der Waals surface area contributed by atoms with Gasteiger partial charge in [0.2, 0.25) is 11.7 Å². The van der Waals surface area contributed by atoms with Crippen molar-refractivity contribution >= 4 is 0 Å². The van der Waals surface area contributed by atoms with E-state index in [-0.39, 0.29) is 6.10 Å². The quantitative estimate of drug-likeness (QED) is 0.654. The molecule has 1 fully saturated rings. The Labute approximate surface area is 145 Å². The predicted molar refractivity (Wildman–Crippen MR) is 89.3 cm³/mol. The van der Waals surface area contributed by atoms with Crippen molar-refractivity contribution in [2.75, 3.05) is 13.2 Å². The van der Waals surface area contributed by atoms with Crippen molar-refractivity contribution in [2.24, 2.45) is 0 Å². The van der Waals surface area contributed by atoms with E-state index in [0.29, 0.717) is 24.0 Å². The van der Waals surface area contributed by atoms with Crippen LogP contribution in [0.5, 0.6) is 0 Å². The second-order valence-electron chi connectivity index (χ2n) is 6.15. The van der Waals surface area contributed by atoms with Gasteiger partial charge in [-0.25, -0.2) is 0 Å².